The highest BCUT2D eigenvalue weighted by Gasteiger charge is 2.64. The van der Waals surface area contributed by atoms with E-state index in [0.717, 1.165) is 43.3 Å². The van der Waals surface area contributed by atoms with Crippen molar-refractivity contribution < 1.29 is 14.7 Å². The van der Waals surface area contributed by atoms with Crippen molar-refractivity contribution >= 4 is 11.8 Å². The molecule has 3 fully saturated rings. The summed E-state index contributed by atoms with van der Waals surface area (Å²) < 4.78 is 0. The highest BCUT2D eigenvalue weighted by molar-refractivity contribution is 6.03. The molecule has 3 aliphatic carbocycles. The molecule has 1 spiro atoms. The van der Waals surface area contributed by atoms with Gasteiger partial charge in [-0.3, -0.25) is 9.59 Å². The number of carbonyl (C=O) groups is 2. The molecule has 0 aromatic rings. The van der Waals surface area contributed by atoms with Gasteiger partial charge in [-0.05, 0) is 74.2 Å². The Morgan fingerprint density at radius 2 is 2.04 bits per heavy atom. The summed E-state index contributed by atoms with van der Waals surface area (Å²) in [5.41, 5.74) is 1.56. The summed E-state index contributed by atoms with van der Waals surface area (Å²) in [5.74, 6) is 0.487. The Morgan fingerprint density at radius 3 is 2.65 bits per heavy atom. The van der Waals surface area contributed by atoms with Crippen LogP contribution in [0, 0.1) is 28.6 Å². The normalized spacial score (nSPS) is 42.4. The molecule has 0 amide bonds. The van der Waals surface area contributed by atoms with Crippen molar-refractivity contribution in [2.24, 2.45) is 28.6 Å². The van der Waals surface area contributed by atoms with E-state index in [0.29, 0.717) is 18.3 Å². The second-order valence-corrected chi connectivity index (χ2v) is 8.38. The van der Waals surface area contributed by atoms with E-state index in [4.69, 9.17) is 0 Å². The van der Waals surface area contributed by atoms with E-state index in [9.17, 15) is 14.7 Å². The summed E-state index contributed by atoms with van der Waals surface area (Å²) in [6.07, 6.45) is 5.68. The van der Waals surface area contributed by atoms with Crippen LogP contribution in [0.25, 0.3) is 0 Å². The van der Waals surface area contributed by atoms with Crippen LogP contribution in [-0.4, -0.2) is 16.9 Å². The van der Waals surface area contributed by atoms with Gasteiger partial charge in [0.05, 0.1) is 0 Å². The number of hydrogen-bond acceptors (Lipinski definition) is 2. The number of allylic oxidation sites excluding steroid dienone is 2. The monoisotopic (exact) mass is 316 g/mol. The number of rotatable bonds is 4. The van der Waals surface area contributed by atoms with Gasteiger partial charge in [0.1, 0.15) is 0 Å². The van der Waals surface area contributed by atoms with Gasteiger partial charge in [-0.1, -0.05) is 25.7 Å². The highest BCUT2D eigenvalue weighted by Crippen LogP contribution is 2.67. The van der Waals surface area contributed by atoms with Crippen LogP contribution in [-0.2, 0) is 9.59 Å². The second kappa shape index (κ2) is 5.32. The van der Waals surface area contributed by atoms with Gasteiger partial charge in [-0.2, -0.15) is 0 Å². The summed E-state index contributed by atoms with van der Waals surface area (Å²) in [6.45, 7) is 12.5. The molecule has 0 saturated heterocycles. The zero-order valence-corrected chi connectivity index (χ0v) is 14.4. The number of aliphatic carboxylic acids is 1. The summed E-state index contributed by atoms with van der Waals surface area (Å²) in [5, 5.41) is 9.20. The number of fused-ring (bicyclic) bond motifs is 1. The summed E-state index contributed by atoms with van der Waals surface area (Å²) >= 11 is 0. The maximum absolute atomic E-state index is 13.0. The molecule has 3 saturated carbocycles. The van der Waals surface area contributed by atoms with Gasteiger partial charge in [0, 0.05) is 11.8 Å². The van der Waals surface area contributed by atoms with Crippen molar-refractivity contribution in [1.29, 1.82) is 0 Å². The number of Topliss-reactive ketones (excluding diaryl/α,β-unsaturated/α-hetero) is 1. The largest absolute Gasteiger partial charge is 0.481 e. The van der Waals surface area contributed by atoms with Crippen LogP contribution < -0.4 is 0 Å². The van der Waals surface area contributed by atoms with E-state index in [-0.39, 0.29) is 29.0 Å². The number of carboxylic acid groups (broad SMARTS) is 1. The topological polar surface area (TPSA) is 54.4 Å². The van der Waals surface area contributed by atoms with Crippen LogP contribution in [0.5, 0.6) is 0 Å². The Balaban J connectivity index is 2.02. The Hall–Kier alpha value is -1.38. The van der Waals surface area contributed by atoms with E-state index in [1.54, 1.807) is 0 Å². The first-order valence-electron chi connectivity index (χ1n) is 8.83. The van der Waals surface area contributed by atoms with Gasteiger partial charge in [0.15, 0.2) is 5.78 Å². The molecule has 5 atom stereocenters. The summed E-state index contributed by atoms with van der Waals surface area (Å²) in [6, 6.07) is 0. The summed E-state index contributed by atoms with van der Waals surface area (Å²) in [4.78, 5) is 24.2. The Morgan fingerprint density at radius 1 is 1.35 bits per heavy atom. The zero-order valence-electron chi connectivity index (χ0n) is 14.4. The zero-order chi connectivity index (χ0) is 17.0. The predicted molar refractivity (Wildman–Crippen MR) is 89.9 cm³/mol. The third kappa shape index (κ3) is 2.23. The molecule has 0 unspecified atom stereocenters. The lowest BCUT2D eigenvalue weighted by atomic mass is 9.46. The molecule has 126 valence electrons. The standard InChI is InChI=1S/C20H28O3/c1-12(2)15-7-10-20-11-14(13(3)18(20)23)5-6-16(20)19(15,4)9-8-17(21)22/h14-16H,1,3,5-11H2,2,4H3,(H,21,22)/t14-,15+,16-,19+,20+/m0/s1. The molecular formula is C20H28O3. The molecule has 3 heteroatoms. The first-order valence-corrected chi connectivity index (χ1v) is 8.83. The Labute approximate surface area is 138 Å². The number of carbonyl (C=O) groups excluding carboxylic acids is 1. The molecular weight excluding hydrogens is 288 g/mol. The molecule has 0 radical (unpaired) electrons. The highest BCUT2D eigenvalue weighted by atomic mass is 16.4. The van der Waals surface area contributed by atoms with E-state index < -0.39 is 5.97 Å². The minimum atomic E-state index is -0.748. The first-order chi connectivity index (χ1) is 10.7. The molecule has 2 bridgehead atoms. The number of carboxylic acids is 1. The minimum Gasteiger partial charge on any atom is -0.481 e. The van der Waals surface area contributed by atoms with Crippen LogP contribution in [0.15, 0.2) is 24.3 Å². The first kappa shape index (κ1) is 16.5. The fourth-order valence-electron chi connectivity index (χ4n) is 6.24. The van der Waals surface area contributed by atoms with Crippen molar-refractivity contribution in [3.63, 3.8) is 0 Å². The van der Waals surface area contributed by atoms with Gasteiger partial charge in [0.2, 0.25) is 0 Å². The van der Waals surface area contributed by atoms with E-state index in [2.05, 4.69) is 27.0 Å². The second-order valence-electron chi connectivity index (χ2n) is 8.38. The third-order valence-corrected chi connectivity index (χ3v) is 7.26. The van der Waals surface area contributed by atoms with Crippen molar-refractivity contribution in [1.82, 2.24) is 0 Å². The van der Waals surface area contributed by atoms with Crippen LogP contribution >= 0.6 is 0 Å². The molecule has 3 aliphatic rings. The molecule has 0 heterocycles. The Kier molecular flexibility index (Phi) is 3.81. The molecule has 0 aromatic heterocycles. The summed E-state index contributed by atoms with van der Waals surface area (Å²) in [7, 11) is 0. The lowest BCUT2D eigenvalue weighted by Gasteiger charge is -2.57. The molecule has 3 nitrogen and oxygen atoms in total. The SMILES string of the molecule is C=C1C(=O)[C@@]23CC[C@H](C(=C)C)[C@@](C)(CCC(=O)O)[C@@H]2CC[C@H]1C3. The maximum Gasteiger partial charge on any atom is 0.303 e. The lowest BCUT2D eigenvalue weighted by molar-refractivity contribution is -0.144. The van der Waals surface area contributed by atoms with Crippen LogP contribution in [0.3, 0.4) is 0 Å². The molecule has 0 aromatic carbocycles. The maximum atomic E-state index is 13.0. The molecule has 3 rings (SSSR count). The predicted octanol–water partition coefficient (Wildman–Crippen LogP) is 4.39. The third-order valence-electron chi connectivity index (χ3n) is 7.26. The van der Waals surface area contributed by atoms with Gasteiger partial charge in [0.25, 0.3) is 0 Å². The van der Waals surface area contributed by atoms with E-state index >= 15 is 0 Å². The average Bonchev–Trinajstić information content (AvgIpc) is 2.66. The quantitative estimate of drug-likeness (QED) is 0.618. The van der Waals surface area contributed by atoms with Gasteiger partial charge >= 0.3 is 5.97 Å². The fourth-order valence-corrected chi connectivity index (χ4v) is 6.24. The number of hydrogen-bond donors (Lipinski definition) is 1. The number of ketones is 1. The van der Waals surface area contributed by atoms with Crippen molar-refractivity contribution in [2.45, 2.75) is 58.8 Å². The van der Waals surface area contributed by atoms with Crippen molar-refractivity contribution in [2.75, 3.05) is 0 Å². The van der Waals surface area contributed by atoms with Crippen LogP contribution in [0.4, 0.5) is 0 Å². The van der Waals surface area contributed by atoms with E-state index in [1.165, 1.54) is 0 Å². The average molecular weight is 316 g/mol. The molecule has 23 heavy (non-hydrogen) atoms. The van der Waals surface area contributed by atoms with Crippen LogP contribution in [0.1, 0.15) is 58.8 Å². The minimum absolute atomic E-state index is 0.145. The van der Waals surface area contributed by atoms with E-state index in [1.807, 2.05) is 0 Å². The fraction of sp³-hybridized carbons (Fsp3) is 0.700. The van der Waals surface area contributed by atoms with Gasteiger partial charge in [-0.25, -0.2) is 0 Å². The Bertz CT molecular complexity index is 590. The van der Waals surface area contributed by atoms with Crippen molar-refractivity contribution in [3.05, 3.63) is 24.3 Å². The lowest BCUT2D eigenvalue weighted by Crippen LogP contribution is -2.53. The smallest absolute Gasteiger partial charge is 0.303 e. The molecule has 1 N–H and O–H groups in total. The van der Waals surface area contributed by atoms with Gasteiger partial charge in [-0.15, -0.1) is 0 Å². The van der Waals surface area contributed by atoms with Crippen molar-refractivity contribution in [3.8, 4) is 0 Å². The molecule has 0 aliphatic heterocycles. The van der Waals surface area contributed by atoms with Gasteiger partial charge < -0.3 is 5.11 Å². The van der Waals surface area contributed by atoms with Crippen LogP contribution in [0.2, 0.25) is 0 Å².